The molecule has 26 heteroatoms. The Hall–Kier alpha value is -0.420. The van der Waals surface area contributed by atoms with Gasteiger partial charge in [0, 0.05) is 5.39 Å². The number of anilines is 1. The third kappa shape index (κ3) is 11.0. The smallest absolute Gasteiger partial charge is 0.870 e. The van der Waals surface area contributed by atoms with E-state index in [1.54, 1.807) is 0 Å². The summed E-state index contributed by atoms with van der Waals surface area (Å²) in [6, 6.07) is 8.98. The Morgan fingerprint density at radius 2 is 1.10 bits per heavy atom. The number of benzene rings is 4. The maximum atomic E-state index is 13.4. The van der Waals surface area contributed by atoms with Crippen LogP contribution in [0.3, 0.4) is 0 Å². The minimum Gasteiger partial charge on any atom is -0.870 e. The molecular formula is C22H13N5Na4O13S4. The standard InChI is InChI=1S/C22H17N5O13S4.4Na/c23-19-18-11(9-16(43(35,36)37)20(19)26-25-14-3-1-2-4-15(14)42(32,33)34)10-17(44(38,39)40)21(22(18)28)27-24-12-5-7-13(8-6-12)41(29,30)31;;;;/h1-10,28H,23H2,(H,29,30,31)(H,32,33,34)(H,35,36,37)(H,38,39,40);;;;/q;4*+1/p-4. The summed E-state index contributed by atoms with van der Waals surface area (Å²) in [5, 5.41) is 26.3. The minimum absolute atomic E-state index is 0. The first-order valence-electron chi connectivity index (χ1n) is 11.2. The molecule has 48 heavy (non-hydrogen) atoms. The minimum atomic E-state index is -5.51. The molecule has 0 aliphatic rings. The van der Waals surface area contributed by atoms with Gasteiger partial charge in [-0.25, -0.2) is 25.3 Å². The Morgan fingerprint density at radius 1 is 0.604 bits per heavy atom. The first-order chi connectivity index (χ1) is 20.2. The number of nitrogens with zero attached hydrogens (tertiary/aromatic N) is 4. The molecule has 0 heterocycles. The molecule has 0 radical (unpaired) electrons. The molecule has 0 amide bonds. The monoisotopic (exact) mass is 775 g/mol. The first kappa shape index (κ1) is 47.6. The molecule has 0 aliphatic carbocycles. The molecule has 0 aromatic heterocycles. The quantitative estimate of drug-likeness (QED) is 0.0727. The van der Waals surface area contributed by atoms with E-state index >= 15 is 0 Å². The predicted octanol–water partition coefficient (Wildman–Crippen LogP) is -9.70. The number of nitrogens with two attached hydrogens (primary N) is 1. The number of fused-ring (bicyclic) bond motifs is 1. The zero-order valence-corrected chi connectivity index (χ0v) is 36.4. The van der Waals surface area contributed by atoms with Gasteiger partial charge in [0.1, 0.15) is 46.6 Å². The van der Waals surface area contributed by atoms with Crippen molar-refractivity contribution in [2.75, 3.05) is 5.73 Å². The molecule has 0 saturated heterocycles. The van der Waals surface area contributed by atoms with E-state index in [0.717, 1.165) is 36.4 Å². The Bertz CT molecular complexity index is 2360. The maximum absolute atomic E-state index is 13.4. The van der Waals surface area contributed by atoms with Crippen LogP contribution in [-0.2, 0) is 40.5 Å². The van der Waals surface area contributed by atoms with E-state index in [0.29, 0.717) is 12.1 Å². The Morgan fingerprint density at radius 3 is 1.60 bits per heavy atom. The number of hydrogen-bond acceptors (Lipinski definition) is 17. The molecular weight excluding hydrogens is 762 g/mol. The van der Waals surface area contributed by atoms with Crippen LogP contribution in [0.15, 0.2) is 101 Å². The van der Waals surface area contributed by atoms with Gasteiger partial charge in [0.2, 0.25) is 0 Å². The van der Waals surface area contributed by atoms with Crippen LogP contribution in [0, 0.1) is 0 Å². The van der Waals surface area contributed by atoms with Crippen molar-refractivity contribution in [3.05, 3.63) is 60.7 Å². The molecule has 0 bridgehead atoms. The van der Waals surface area contributed by atoms with Crippen molar-refractivity contribution in [2.24, 2.45) is 20.5 Å². The van der Waals surface area contributed by atoms with Crippen LogP contribution in [0.4, 0.5) is 28.4 Å². The normalized spacial score (nSPS) is 12.2. The third-order valence-corrected chi connectivity index (χ3v) is 9.08. The maximum Gasteiger partial charge on any atom is 1.00 e. The molecule has 0 unspecified atom stereocenters. The van der Waals surface area contributed by atoms with Gasteiger partial charge in [-0.3, -0.25) is 4.55 Å². The van der Waals surface area contributed by atoms with Crippen molar-refractivity contribution >= 4 is 79.7 Å². The van der Waals surface area contributed by atoms with E-state index in [1.165, 1.54) is 12.1 Å². The second-order valence-corrected chi connectivity index (χ2v) is 14.0. The third-order valence-electron chi connectivity index (χ3n) is 5.63. The van der Waals surface area contributed by atoms with Gasteiger partial charge in [-0.2, -0.15) is 13.5 Å². The van der Waals surface area contributed by atoms with Crippen LogP contribution in [-0.4, -0.2) is 51.9 Å². The zero-order valence-electron chi connectivity index (χ0n) is 25.1. The summed E-state index contributed by atoms with van der Waals surface area (Å²) in [6.07, 6.45) is 0. The SMILES string of the molecule is Nc1c(N=Nc2ccccc2S(=O)(=O)[O-])c(S(=O)(=O)[O-])cc2cc(S(=O)(=O)O)c(N=Nc3ccc(S(=O)(=O)[O-])cc3)c([O-])c12.[Na+].[Na+].[Na+].[Na+]. The fourth-order valence-electron chi connectivity index (χ4n) is 3.72. The van der Waals surface area contributed by atoms with Crippen LogP contribution in [0.25, 0.3) is 10.8 Å². The van der Waals surface area contributed by atoms with Gasteiger partial charge in [-0.15, -0.1) is 15.3 Å². The number of hydrogen-bond donors (Lipinski definition) is 2. The van der Waals surface area contributed by atoms with Crippen LogP contribution < -0.4 is 129 Å². The topological polar surface area (TPSA) is 324 Å². The largest absolute Gasteiger partial charge is 1.00 e. The average molecular weight is 776 g/mol. The predicted molar refractivity (Wildman–Crippen MR) is 143 cm³/mol. The van der Waals surface area contributed by atoms with Crippen molar-refractivity contribution in [1.82, 2.24) is 0 Å². The van der Waals surface area contributed by atoms with Gasteiger partial charge in [-0.05, 0) is 53.9 Å². The van der Waals surface area contributed by atoms with Crippen LogP contribution in [0.2, 0.25) is 0 Å². The van der Waals surface area contributed by atoms with Crippen LogP contribution in [0.1, 0.15) is 0 Å². The van der Waals surface area contributed by atoms with Gasteiger partial charge >= 0.3 is 118 Å². The van der Waals surface area contributed by atoms with Gasteiger partial charge in [0.05, 0.1) is 31.7 Å². The first-order valence-corrected chi connectivity index (χ1v) is 16.8. The molecule has 4 aromatic carbocycles. The summed E-state index contributed by atoms with van der Waals surface area (Å²) >= 11 is 0. The van der Waals surface area contributed by atoms with E-state index < -0.39 is 99.3 Å². The van der Waals surface area contributed by atoms with E-state index in [1.807, 2.05) is 0 Å². The Labute approximate surface area is 361 Å². The van der Waals surface area contributed by atoms with E-state index in [2.05, 4.69) is 20.5 Å². The summed E-state index contributed by atoms with van der Waals surface area (Å²) in [5.74, 6) is -1.39. The fraction of sp³-hybridized carbons (Fsp3) is 0. The van der Waals surface area contributed by atoms with E-state index in [4.69, 9.17) is 5.73 Å². The fourth-order valence-corrected chi connectivity index (χ4v) is 6.12. The molecule has 0 fully saturated rings. The van der Waals surface area contributed by atoms with Crippen molar-refractivity contribution in [3.8, 4) is 5.75 Å². The molecule has 18 nitrogen and oxygen atoms in total. The van der Waals surface area contributed by atoms with Crippen molar-refractivity contribution in [1.29, 1.82) is 0 Å². The summed E-state index contributed by atoms with van der Waals surface area (Å²) in [5.41, 5.74) is 2.27. The van der Waals surface area contributed by atoms with Gasteiger partial charge in [0.25, 0.3) is 10.1 Å². The average Bonchev–Trinajstić information content (AvgIpc) is 2.90. The molecule has 0 saturated carbocycles. The second kappa shape index (κ2) is 17.9. The number of rotatable bonds is 8. The van der Waals surface area contributed by atoms with Crippen LogP contribution >= 0.6 is 0 Å². The molecule has 4 aromatic rings. The van der Waals surface area contributed by atoms with Gasteiger partial charge in [-0.1, -0.05) is 17.9 Å². The van der Waals surface area contributed by atoms with Crippen molar-refractivity contribution < 1.29 is 175 Å². The summed E-state index contributed by atoms with van der Waals surface area (Å²) < 4.78 is 138. The summed E-state index contributed by atoms with van der Waals surface area (Å²) in [7, 11) is -20.7. The van der Waals surface area contributed by atoms with Gasteiger partial charge in [0.15, 0.2) is 0 Å². The molecule has 0 spiro atoms. The molecule has 0 atom stereocenters. The van der Waals surface area contributed by atoms with Crippen molar-refractivity contribution in [3.63, 3.8) is 0 Å². The molecule has 3 N–H and O–H groups in total. The van der Waals surface area contributed by atoms with Crippen LogP contribution in [0.5, 0.6) is 5.75 Å². The van der Waals surface area contributed by atoms with E-state index in [-0.39, 0.29) is 124 Å². The molecule has 232 valence electrons. The molecule has 4 rings (SSSR count). The van der Waals surface area contributed by atoms with Gasteiger partial charge < -0.3 is 24.5 Å². The Balaban J connectivity index is 0.00000552. The van der Waals surface area contributed by atoms with E-state index in [9.17, 15) is 57.0 Å². The molecule has 0 aliphatic heterocycles. The second-order valence-electron chi connectivity index (χ2n) is 8.49. The Kier molecular flexibility index (Phi) is 17.7. The van der Waals surface area contributed by atoms with Crippen molar-refractivity contribution in [2.45, 2.75) is 19.6 Å². The summed E-state index contributed by atoms with van der Waals surface area (Å²) in [4.78, 5) is -3.95. The zero-order chi connectivity index (χ0) is 32.8. The summed E-state index contributed by atoms with van der Waals surface area (Å²) in [6.45, 7) is 0. The number of nitrogen functional groups attached to an aromatic ring is 1. The number of azo groups is 2.